The summed E-state index contributed by atoms with van der Waals surface area (Å²) >= 11 is 0. The molecule has 1 saturated heterocycles. The molecule has 0 radical (unpaired) electrons. The van der Waals surface area contributed by atoms with Crippen LogP contribution in [0.15, 0.2) is 12.0 Å². The quantitative estimate of drug-likeness (QED) is 0.760. The minimum absolute atomic E-state index is 0.107. The highest BCUT2D eigenvalue weighted by molar-refractivity contribution is 4.90. The molecule has 1 fully saturated rings. The molecule has 2 N–H and O–H groups in total. The van der Waals surface area contributed by atoms with Crippen LogP contribution >= 0.6 is 0 Å². The lowest BCUT2D eigenvalue weighted by molar-refractivity contribution is 0.0419. The van der Waals surface area contributed by atoms with E-state index in [0.29, 0.717) is 0 Å². The van der Waals surface area contributed by atoms with Crippen LogP contribution in [-0.2, 0) is 4.74 Å². The van der Waals surface area contributed by atoms with E-state index in [0.717, 1.165) is 18.2 Å². The smallest absolute Gasteiger partial charge is 0.182 e. The topological polar surface area (TPSA) is 33.3 Å². The van der Waals surface area contributed by atoms with E-state index in [9.17, 15) is 0 Å². The van der Waals surface area contributed by atoms with Gasteiger partial charge in [0.25, 0.3) is 0 Å². The van der Waals surface area contributed by atoms with Crippen LogP contribution in [-0.4, -0.2) is 25.7 Å². The van der Waals surface area contributed by atoms with E-state index in [1.54, 1.807) is 0 Å². The van der Waals surface area contributed by atoms with Crippen molar-refractivity contribution in [2.24, 2.45) is 5.92 Å². The van der Waals surface area contributed by atoms with Crippen molar-refractivity contribution < 1.29 is 4.74 Å². The van der Waals surface area contributed by atoms with E-state index in [2.05, 4.69) is 24.5 Å². The number of hydrogen-bond donors (Lipinski definition) is 2. The Balaban J connectivity index is 0.000000351. The van der Waals surface area contributed by atoms with Crippen LogP contribution in [0, 0.1) is 5.92 Å². The van der Waals surface area contributed by atoms with Crippen molar-refractivity contribution in [3.8, 4) is 0 Å². The van der Waals surface area contributed by atoms with E-state index in [1.807, 2.05) is 33.9 Å². The zero-order chi connectivity index (χ0) is 14.0. The van der Waals surface area contributed by atoms with Gasteiger partial charge in [-0.25, -0.2) is 0 Å². The molecule has 3 heteroatoms. The predicted octanol–water partition coefficient (Wildman–Crippen LogP) is 3.28. The molecule has 1 aliphatic heterocycles. The van der Waals surface area contributed by atoms with Crippen molar-refractivity contribution in [1.82, 2.24) is 10.6 Å². The summed E-state index contributed by atoms with van der Waals surface area (Å²) in [4.78, 5) is 0. The summed E-state index contributed by atoms with van der Waals surface area (Å²) in [5.74, 6) is 1.79. The van der Waals surface area contributed by atoms with Gasteiger partial charge < -0.3 is 15.4 Å². The average Bonchev–Trinajstić information content (AvgIpc) is 2.28. The van der Waals surface area contributed by atoms with Gasteiger partial charge in [-0.05, 0) is 65.1 Å². The zero-order valence-electron chi connectivity index (χ0n) is 13.1. The van der Waals surface area contributed by atoms with E-state index in [4.69, 9.17) is 4.74 Å². The maximum Gasteiger partial charge on any atom is 0.182 e. The van der Waals surface area contributed by atoms with Gasteiger partial charge in [0.05, 0.1) is 0 Å². The number of piperidine rings is 1. The first kappa shape index (κ1) is 17.3. The summed E-state index contributed by atoms with van der Waals surface area (Å²) in [6, 6.07) is 0. The Morgan fingerprint density at radius 2 is 2.11 bits per heavy atom. The first-order valence-electron chi connectivity index (χ1n) is 7.16. The fourth-order valence-corrected chi connectivity index (χ4v) is 1.74. The number of allylic oxidation sites excluding steroid dienone is 1. The van der Waals surface area contributed by atoms with Gasteiger partial charge in [-0.1, -0.05) is 13.8 Å². The number of ether oxygens (including phenoxy) is 1. The standard InChI is InChI=1S/C9H19NO.C6H13N/c1-6-7-8(10-5)11-9(2,3)4;1-6-3-2-4-7-5-6/h7,10H,6H2,1-5H3;6-7H,2-5H2,1H3/b8-7+;. The molecule has 0 aromatic carbocycles. The summed E-state index contributed by atoms with van der Waals surface area (Å²) in [5, 5.41) is 6.33. The van der Waals surface area contributed by atoms with Gasteiger partial charge in [0.15, 0.2) is 5.88 Å². The molecular formula is C15H32N2O. The summed E-state index contributed by atoms with van der Waals surface area (Å²) in [6.07, 6.45) is 5.83. The van der Waals surface area contributed by atoms with Gasteiger partial charge in [0.1, 0.15) is 5.60 Å². The van der Waals surface area contributed by atoms with Gasteiger partial charge in [0, 0.05) is 7.05 Å². The van der Waals surface area contributed by atoms with Crippen molar-refractivity contribution in [2.75, 3.05) is 20.1 Å². The largest absolute Gasteiger partial charge is 0.474 e. The second-order valence-electron chi connectivity index (χ2n) is 5.89. The summed E-state index contributed by atoms with van der Waals surface area (Å²) in [7, 11) is 1.87. The second-order valence-corrected chi connectivity index (χ2v) is 5.89. The fourth-order valence-electron chi connectivity index (χ4n) is 1.74. The molecule has 1 rings (SSSR count). The van der Waals surface area contributed by atoms with Crippen molar-refractivity contribution in [2.45, 2.75) is 59.5 Å². The predicted molar refractivity (Wildman–Crippen MR) is 79.5 cm³/mol. The minimum atomic E-state index is -0.107. The van der Waals surface area contributed by atoms with Crippen molar-refractivity contribution in [3.63, 3.8) is 0 Å². The number of hydrogen-bond acceptors (Lipinski definition) is 3. The third-order valence-electron chi connectivity index (χ3n) is 2.60. The van der Waals surface area contributed by atoms with Gasteiger partial charge in [-0.15, -0.1) is 0 Å². The molecule has 0 aromatic heterocycles. The number of nitrogens with one attached hydrogen (secondary N) is 2. The highest BCUT2D eigenvalue weighted by Gasteiger charge is 2.11. The Morgan fingerprint density at radius 1 is 1.44 bits per heavy atom. The van der Waals surface area contributed by atoms with Crippen LogP contribution in [0.5, 0.6) is 0 Å². The van der Waals surface area contributed by atoms with Crippen molar-refractivity contribution in [3.05, 3.63) is 12.0 Å². The molecule has 3 nitrogen and oxygen atoms in total. The van der Waals surface area contributed by atoms with E-state index in [1.165, 1.54) is 25.9 Å². The summed E-state index contributed by atoms with van der Waals surface area (Å²) < 4.78 is 5.58. The molecule has 1 heterocycles. The molecule has 1 aliphatic rings. The van der Waals surface area contributed by atoms with E-state index < -0.39 is 0 Å². The number of rotatable bonds is 3. The van der Waals surface area contributed by atoms with Gasteiger partial charge >= 0.3 is 0 Å². The highest BCUT2D eigenvalue weighted by atomic mass is 16.5. The van der Waals surface area contributed by atoms with Crippen LogP contribution in [0.4, 0.5) is 0 Å². The Bertz CT molecular complexity index is 225. The second kappa shape index (κ2) is 9.26. The van der Waals surface area contributed by atoms with E-state index >= 15 is 0 Å². The third kappa shape index (κ3) is 10.5. The first-order valence-corrected chi connectivity index (χ1v) is 7.16. The Morgan fingerprint density at radius 3 is 2.39 bits per heavy atom. The summed E-state index contributed by atoms with van der Waals surface area (Å²) in [6.45, 7) is 13.0. The molecule has 1 atom stereocenters. The minimum Gasteiger partial charge on any atom is -0.474 e. The first-order chi connectivity index (χ1) is 8.39. The lowest BCUT2D eigenvalue weighted by Crippen LogP contribution is -2.27. The Kier molecular flexibility index (Phi) is 8.90. The van der Waals surface area contributed by atoms with Crippen LogP contribution < -0.4 is 10.6 Å². The highest BCUT2D eigenvalue weighted by Crippen LogP contribution is 2.11. The van der Waals surface area contributed by atoms with Crippen LogP contribution in [0.2, 0.25) is 0 Å². The SMILES string of the molecule is CC/C=C(\NC)OC(C)(C)C.CC1CCCNC1. The Labute approximate surface area is 113 Å². The average molecular weight is 256 g/mol. The molecule has 1 unspecified atom stereocenters. The van der Waals surface area contributed by atoms with Crippen molar-refractivity contribution >= 4 is 0 Å². The van der Waals surface area contributed by atoms with Crippen LogP contribution in [0.3, 0.4) is 0 Å². The van der Waals surface area contributed by atoms with Gasteiger partial charge in [0.2, 0.25) is 0 Å². The lowest BCUT2D eigenvalue weighted by Gasteiger charge is -2.22. The molecule has 0 spiro atoms. The molecule has 108 valence electrons. The van der Waals surface area contributed by atoms with Crippen LogP contribution in [0.25, 0.3) is 0 Å². The molecule has 18 heavy (non-hydrogen) atoms. The molecule has 0 aliphatic carbocycles. The normalized spacial score (nSPS) is 20.8. The zero-order valence-corrected chi connectivity index (χ0v) is 13.1. The van der Waals surface area contributed by atoms with Crippen molar-refractivity contribution in [1.29, 1.82) is 0 Å². The maximum absolute atomic E-state index is 5.58. The van der Waals surface area contributed by atoms with Gasteiger partial charge in [-0.3, -0.25) is 0 Å². The lowest BCUT2D eigenvalue weighted by atomic mass is 10.0. The molecule has 0 aromatic rings. The van der Waals surface area contributed by atoms with Gasteiger partial charge in [-0.2, -0.15) is 0 Å². The Hall–Kier alpha value is -0.700. The molecule has 0 saturated carbocycles. The molecule has 0 amide bonds. The fraction of sp³-hybridized carbons (Fsp3) is 0.867. The van der Waals surface area contributed by atoms with Crippen LogP contribution in [0.1, 0.15) is 53.9 Å². The molecule has 0 bridgehead atoms. The maximum atomic E-state index is 5.58. The third-order valence-corrected chi connectivity index (χ3v) is 2.60. The molecular weight excluding hydrogens is 224 g/mol. The van der Waals surface area contributed by atoms with E-state index in [-0.39, 0.29) is 5.60 Å². The summed E-state index contributed by atoms with van der Waals surface area (Å²) in [5.41, 5.74) is -0.107. The monoisotopic (exact) mass is 256 g/mol.